The van der Waals surface area contributed by atoms with Crippen molar-refractivity contribution in [2.75, 3.05) is 38.6 Å². The summed E-state index contributed by atoms with van der Waals surface area (Å²) in [5, 5.41) is 10.2. The lowest BCUT2D eigenvalue weighted by Gasteiger charge is -2.26. The summed E-state index contributed by atoms with van der Waals surface area (Å²) in [5.74, 6) is 0.620. The Morgan fingerprint density at radius 3 is 2.92 bits per heavy atom. The van der Waals surface area contributed by atoms with E-state index in [1.165, 1.54) is 17.1 Å². The quantitative estimate of drug-likeness (QED) is 0.390. The summed E-state index contributed by atoms with van der Waals surface area (Å²) in [4.78, 5) is 13.9. The molecular formula is C19H25NO6. The number of carbonyl (C=O) groups excluding carboxylic acids is 1. The van der Waals surface area contributed by atoms with E-state index >= 15 is 0 Å². The van der Waals surface area contributed by atoms with E-state index in [0.717, 1.165) is 5.56 Å². The Balaban J connectivity index is 2.11. The molecule has 0 aliphatic carbocycles. The highest BCUT2D eigenvalue weighted by Gasteiger charge is 2.38. The maximum absolute atomic E-state index is 12.4. The lowest BCUT2D eigenvalue weighted by Crippen LogP contribution is -2.44. The monoisotopic (exact) mass is 363 g/mol. The van der Waals surface area contributed by atoms with Gasteiger partial charge in [-0.05, 0) is 30.2 Å². The molecule has 0 radical (unpaired) electrons. The number of ether oxygens (including phenoxy) is 4. The summed E-state index contributed by atoms with van der Waals surface area (Å²) >= 11 is 0. The second kappa shape index (κ2) is 9.96. The maximum atomic E-state index is 12.4. The molecule has 7 heteroatoms. The van der Waals surface area contributed by atoms with E-state index in [4.69, 9.17) is 18.9 Å². The number of fused-ring (bicyclic) bond motifs is 1. The molecule has 7 nitrogen and oxygen atoms in total. The number of anilines is 1. The minimum atomic E-state index is -0.875. The van der Waals surface area contributed by atoms with Crippen molar-refractivity contribution in [2.24, 2.45) is 0 Å². The summed E-state index contributed by atoms with van der Waals surface area (Å²) in [6.45, 7) is 8.29. The van der Waals surface area contributed by atoms with Crippen molar-refractivity contribution >= 4 is 11.8 Å². The van der Waals surface area contributed by atoms with E-state index in [9.17, 15) is 9.90 Å². The van der Waals surface area contributed by atoms with Crippen molar-refractivity contribution < 1.29 is 28.8 Å². The van der Waals surface area contributed by atoms with E-state index in [0.29, 0.717) is 31.1 Å². The highest BCUT2D eigenvalue weighted by molar-refractivity contribution is 5.91. The van der Waals surface area contributed by atoms with Crippen LogP contribution in [0.1, 0.15) is 5.56 Å². The first-order chi connectivity index (χ1) is 12.6. The summed E-state index contributed by atoms with van der Waals surface area (Å²) in [5.41, 5.74) is 1.55. The SMILES string of the molecule is C=CCOC(=O)N1c2ccc(OCOCCOC)cc2C[C@H]1C(O)C=C. The second-order valence-electron chi connectivity index (χ2n) is 5.69. The van der Waals surface area contributed by atoms with Gasteiger partial charge >= 0.3 is 6.09 Å². The smallest absolute Gasteiger partial charge is 0.414 e. The van der Waals surface area contributed by atoms with Crippen LogP contribution >= 0.6 is 0 Å². The molecule has 2 atom stereocenters. The number of amides is 1. The number of benzene rings is 1. The number of hydrogen-bond acceptors (Lipinski definition) is 6. The van der Waals surface area contributed by atoms with Crippen molar-refractivity contribution in [3.63, 3.8) is 0 Å². The van der Waals surface area contributed by atoms with Crippen LogP contribution < -0.4 is 9.64 Å². The molecular weight excluding hydrogens is 338 g/mol. The Labute approximate surface area is 153 Å². The van der Waals surface area contributed by atoms with Crippen LogP contribution in [-0.4, -0.2) is 57.1 Å². The molecule has 1 aromatic rings. The number of methoxy groups -OCH3 is 1. The molecule has 2 rings (SSSR count). The van der Waals surface area contributed by atoms with Crippen LogP contribution in [0.4, 0.5) is 10.5 Å². The van der Waals surface area contributed by atoms with E-state index in [2.05, 4.69) is 13.2 Å². The van der Waals surface area contributed by atoms with Gasteiger partial charge in [-0.2, -0.15) is 0 Å². The third kappa shape index (κ3) is 4.85. The Bertz CT molecular complexity index is 632. The van der Waals surface area contributed by atoms with Crippen LogP contribution in [0.5, 0.6) is 5.75 Å². The second-order valence-corrected chi connectivity index (χ2v) is 5.69. The Kier molecular flexibility index (Phi) is 7.65. The topological polar surface area (TPSA) is 77.5 Å². The molecule has 0 saturated heterocycles. The number of aliphatic hydroxyl groups excluding tert-OH is 1. The van der Waals surface area contributed by atoms with Crippen LogP contribution in [0.2, 0.25) is 0 Å². The first-order valence-electron chi connectivity index (χ1n) is 8.32. The number of nitrogens with zero attached hydrogens (tertiary/aromatic N) is 1. The minimum absolute atomic E-state index is 0.0988. The highest BCUT2D eigenvalue weighted by atomic mass is 16.7. The number of carbonyl (C=O) groups is 1. The summed E-state index contributed by atoms with van der Waals surface area (Å²) < 4.78 is 20.9. The van der Waals surface area contributed by atoms with Gasteiger partial charge in [-0.3, -0.25) is 4.90 Å². The summed E-state index contributed by atoms with van der Waals surface area (Å²) in [7, 11) is 1.60. The van der Waals surface area contributed by atoms with Crippen molar-refractivity contribution in [3.05, 3.63) is 49.1 Å². The number of aliphatic hydroxyl groups is 1. The molecule has 142 valence electrons. The lowest BCUT2D eigenvalue weighted by atomic mass is 10.1. The van der Waals surface area contributed by atoms with Crippen LogP contribution in [0.25, 0.3) is 0 Å². The van der Waals surface area contributed by atoms with Crippen LogP contribution in [0.3, 0.4) is 0 Å². The van der Waals surface area contributed by atoms with E-state index in [1.54, 1.807) is 19.2 Å². The zero-order valence-corrected chi connectivity index (χ0v) is 14.9. The average Bonchev–Trinajstić information content (AvgIpc) is 3.04. The standard InChI is InChI=1S/C19H25NO6/c1-4-8-25-19(22)20-16-7-6-15(26-13-24-10-9-23-3)11-14(16)12-17(20)18(21)5-2/h4-7,11,17-18,21H,1-2,8-10,12-13H2,3H3/t17-,18?/m0/s1. The predicted octanol–water partition coefficient (Wildman–Crippen LogP) is 2.29. The molecule has 1 aliphatic heterocycles. The fraction of sp³-hybridized carbons (Fsp3) is 0.421. The first kappa shape index (κ1) is 20.0. The minimum Gasteiger partial charge on any atom is -0.468 e. The fourth-order valence-corrected chi connectivity index (χ4v) is 2.72. The fourth-order valence-electron chi connectivity index (χ4n) is 2.72. The van der Waals surface area contributed by atoms with Gasteiger partial charge in [0.25, 0.3) is 0 Å². The molecule has 0 fully saturated rings. The molecule has 1 N–H and O–H groups in total. The van der Waals surface area contributed by atoms with Gasteiger partial charge in [0.2, 0.25) is 0 Å². The van der Waals surface area contributed by atoms with Crippen LogP contribution in [0.15, 0.2) is 43.5 Å². The molecule has 0 bridgehead atoms. The summed E-state index contributed by atoms with van der Waals surface area (Å²) in [6, 6.07) is 4.87. The van der Waals surface area contributed by atoms with Gasteiger partial charge in [-0.25, -0.2) is 4.79 Å². The molecule has 0 saturated carbocycles. The van der Waals surface area contributed by atoms with Gasteiger partial charge in [-0.15, -0.1) is 6.58 Å². The normalized spacial score (nSPS) is 16.7. The molecule has 1 aromatic carbocycles. The molecule has 1 aliphatic rings. The Morgan fingerprint density at radius 2 is 2.23 bits per heavy atom. The number of hydrogen-bond donors (Lipinski definition) is 1. The van der Waals surface area contributed by atoms with Gasteiger partial charge in [0, 0.05) is 7.11 Å². The van der Waals surface area contributed by atoms with Crippen molar-refractivity contribution in [1.29, 1.82) is 0 Å². The molecule has 1 unspecified atom stereocenters. The maximum Gasteiger partial charge on any atom is 0.414 e. The highest BCUT2D eigenvalue weighted by Crippen LogP contribution is 2.36. The first-order valence-corrected chi connectivity index (χ1v) is 8.32. The largest absolute Gasteiger partial charge is 0.468 e. The molecule has 1 heterocycles. The molecule has 1 amide bonds. The van der Waals surface area contributed by atoms with E-state index < -0.39 is 18.2 Å². The van der Waals surface area contributed by atoms with Crippen molar-refractivity contribution in [3.8, 4) is 5.75 Å². The summed E-state index contributed by atoms with van der Waals surface area (Å²) in [6.07, 6.45) is 1.96. The van der Waals surface area contributed by atoms with Gasteiger partial charge in [-0.1, -0.05) is 18.7 Å². The van der Waals surface area contributed by atoms with Crippen molar-refractivity contribution in [2.45, 2.75) is 18.6 Å². The molecule has 0 aromatic heterocycles. The molecule has 0 spiro atoms. The van der Waals surface area contributed by atoms with Gasteiger partial charge in [0.05, 0.1) is 31.0 Å². The predicted molar refractivity (Wildman–Crippen MR) is 97.5 cm³/mol. The van der Waals surface area contributed by atoms with E-state index in [-0.39, 0.29) is 13.4 Å². The third-order valence-electron chi connectivity index (χ3n) is 3.97. The zero-order chi connectivity index (χ0) is 18.9. The van der Waals surface area contributed by atoms with Crippen LogP contribution in [0, 0.1) is 0 Å². The van der Waals surface area contributed by atoms with Crippen molar-refractivity contribution in [1.82, 2.24) is 0 Å². The molecule has 26 heavy (non-hydrogen) atoms. The van der Waals surface area contributed by atoms with Crippen LogP contribution in [-0.2, 0) is 20.6 Å². The lowest BCUT2D eigenvalue weighted by molar-refractivity contribution is -0.00848. The zero-order valence-electron chi connectivity index (χ0n) is 14.9. The van der Waals surface area contributed by atoms with E-state index in [1.807, 2.05) is 6.07 Å². The average molecular weight is 363 g/mol. The Morgan fingerprint density at radius 1 is 1.42 bits per heavy atom. The van der Waals surface area contributed by atoms with Gasteiger partial charge < -0.3 is 24.1 Å². The Hall–Kier alpha value is -2.35. The number of rotatable bonds is 10. The third-order valence-corrected chi connectivity index (χ3v) is 3.97. The van der Waals surface area contributed by atoms with Gasteiger partial charge in [0.1, 0.15) is 12.4 Å². The van der Waals surface area contributed by atoms with Gasteiger partial charge in [0.15, 0.2) is 6.79 Å².